The van der Waals surface area contributed by atoms with Gasteiger partial charge in [0.2, 0.25) is 0 Å². The molecule has 17 heavy (non-hydrogen) atoms. The third kappa shape index (κ3) is 2.82. The number of nitrogens with one attached hydrogen (secondary N) is 1. The SMILES string of the molecule is Cc1nc2cc(CNCCCS)ccc2n1C. The zero-order chi connectivity index (χ0) is 12.3. The van der Waals surface area contributed by atoms with Crippen molar-refractivity contribution in [1.82, 2.24) is 14.9 Å². The molecule has 0 spiro atoms. The van der Waals surface area contributed by atoms with E-state index in [0.717, 1.165) is 36.6 Å². The van der Waals surface area contributed by atoms with Crippen LogP contribution in [-0.2, 0) is 13.6 Å². The van der Waals surface area contributed by atoms with E-state index in [1.807, 2.05) is 6.92 Å². The van der Waals surface area contributed by atoms with Crippen molar-refractivity contribution in [3.63, 3.8) is 0 Å². The molecule has 0 unspecified atom stereocenters. The Balaban J connectivity index is 2.09. The summed E-state index contributed by atoms with van der Waals surface area (Å²) in [4.78, 5) is 4.54. The first-order valence-corrected chi connectivity index (χ1v) is 6.59. The van der Waals surface area contributed by atoms with Crippen molar-refractivity contribution >= 4 is 23.7 Å². The van der Waals surface area contributed by atoms with E-state index < -0.39 is 0 Å². The van der Waals surface area contributed by atoms with E-state index in [1.54, 1.807) is 0 Å². The molecular formula is C13H19N3S. The third-order valence-corrected chi connectivity index (χ3v) is 3.33. The summed E-state index contributed by atoms with van der Waals surface area (Å²) in [7, 11) is 2.05. The number of fused-ring (bicyclic) bond motifs is 1. The Labute approximate surface area is 108 Å². The molecule has 0 bridgehead atoms. The highest BCUT2D eigenvalue weighted by Gasteiger charge is 2.04. The molecule has 1 aromatic heterocycles. The molecule has 3 nitrogen and oxygen atoms in total. The molecule has 0 saturated carbocycles. The van der Waals surface area contributed by atoms with Gasteiger partial charge in [0.25, 0.3) is 0 Å². The second-order valence-electron chi connectivity index (χ2n) is 4.30. The fourth-order valence-corrected chi connectivity index (χ4v) is 2.07. The smallest absolute Gasteiger partial charge is 0.106 e. The van der Waals surface area contributed by atoms with Gasteiger partial charge in [-0.05, 0) is 43.3 Å². The summed E-state index contributed by atoms with van der Waals surface area (Å²) in [6.45, 7) is 3.95. The molecule has 1 aromatic carbocycles. The van der Waals surface area contributed by atoms with Crippen molar-refractivity contribution in [2.75, 3.05) is 12.3 Å². The third-order valence-electron chi connectivity index (χ3n) is 3.01. The average molecular weight is 249 g/mol. The van der Waals surface area contributed by atoms with E-state index in [4.69, 9.17) is 0 Å². The van der Waals surface area contributed by atoms with Crippen LogP contribution in [0.5, 0.6) is 0 Å². The van der Waals surface area contributed by atoms with Crippen molar-refractivity contribution < 1.29 is 0 Å². The van der Waals surface area contributed by atoms with Gasteiger partial charge < -0.3 is 9.88 Å². The van der Waals surface area contributed by atoms with Crippen LogP contribution >= 0.6 is 12.6 Å². The molecule has 4 heteroatoms. The topological polar surface area (TPSA) is 29.9 Å². The maximum absolute atomic E-state index is 4.54. The quantitative estimate of drug-likeness (QED) is 0.629. The summed E-state index contributed by atoms with van der Waals surface area (Å²) >= 11 is 4.19. The number of aromatic nitrogens is 2. The molecule has 0 aliphatic carbocycles. The van der Waals surface area contributed by atoms with Crippen molar-refractivity contribution in [2.45, 2.75) is 19.9 Å². The van der Waals surface area contributed by atoms with Gasteiger partial charge in [0.05, 0.1) is 11.0 Å². The molecule has 0 amide bonds. The molecule has 92 valence electrons. The van der Waals surface area contributed by atoms with Gasteiger partial charge >= 0.3 is 0 Å². The van der Waals surface area contributed by atoms with Gasteiger partial charge in [-0.3, -0.25) is 0 Å². The second kappa shape index (κ2) is 5.56. The standard InChI is InChI=1S/C13H19N3S/c1-10-15-12-8-11(9-14-6-3-7-17)4-5-13(12)16(10)2/h4-5,8,14,17H,3,6-7,9H2,1-2H3. The lowest BCUT2D eigenvalue weighted by atomic mass is 10.2. The van der Waals surface area contributed by atoms with Gasteiger partial charge in [-0.15, -0.1) is 0 Å². The Bertz CT molecular complexity index is 505. The summed E-state index contributed by atoms with van der Waals surface area (Å²) in [6.07, 6.45) is 1.11. The lowest BCUT2D eigenvalue weighted by Crippen LogP contribution is -2.14. The minimum Gasteiger partial charge on any atom is -0.331 e. The number of hydrogen-bond donors (Lipinski definition) is 2. The van der Waals surface area contributed by atoms with Crippen LogP contribution in [0.2, 0.25) is 0 Å². The van der Waals surface area contributed by atoms with E-state index in [1.165, 1.54) is 11.1 Å². The second-order valence-corrected chi connectivity index (χ2v) is 4.74. The van der Waals surface area contributed by atoms with E-state index >= 15 is 0 Å². The van der Waals surface area contributed by atoms with Crippen LogP contribution in [0.15, 0.2) is 18.2 Å². The first kappa shape index (κ1) is 12.5. The van der Waals surface area contributed by atoms with Crippen LogP contribution < -0.4 is 5.32 Å². The predicted molar refractivity (Wildman–Crippen MR) is 75.6 cm³/mol. The summed E-state index contributed by atoms with van der Waals surface area (Å²) in [5.41, 5.74) is 3.56. The van der Waals surface area contributed by atoms with E-state index in [9.17, 15) is 0 Å². The number of aryl methyl sites for hydroxylation is 2. The number of benzene rings is 1. The van der Waals surface area contributed by atoms with Crippen LogP contribution in [0.1, 0.15) is 17.8 Å². The Morgan fingerprint density at radius 2 is 2.24 bits per heavy atom. The van der Waals surface area contributed by atoms with Gasteiger partial charge in [-0.2, -0.15) is 12.6 Å². The molecule has 2 aromatic rings. The average Bonchev–Trinajstić information content (AvgIpc) is 2.61. The maximum atomic E-state index is 4.54. The maximum Gasteiger partial charge on any atom is 0.106 e. The van der Waals surface area contributed by atoms with Crippen molar-refractivity contribution in [1.29, 1.82) is 0 Å². The molecule has 0 radical (unpaired) electrons. The highest BCUT2D eigenvalue weighted by molar-refractivity contribution is 7.80. The molecular weight excluding hydrogens is 230 g/mol. The van der Waals surface area contributed by atoms with Gasteiger partial charge in [-0.1, -0.05) is 6.07 Å². The van der Waals surface area contributed by atoms with Gasteiger partial charge in [0.15, 0.2) is 0 Å². The molecule has 0 saturated heterocycles. The number of nitrogens with zero attached hydrogens (tertiary/aromatic N) is 2. The molecule has 0 aliphatic rings. The Morgan fingerprint density at radius 3 is 3.00 bits per heavy atom. The monoisotopic (exact) mass is 249 g/mol. The van der Waals surface area contributed by atoms with Gasteiger partial charge in [0.1, 0.15) is 5.82 Å². The largest absolute Gasteiger partial charge is 0.331 e. The zero-order valence-corrected chi connectivity index (χ0v) is 11.3. The molecule has 0 atom stereocenters. The highest BCUT2D eigenvalue weighted by atomic mass is 32.1. The van der Waals surface area contributed by atoms with Crippen molar-refractivity contribution in [3.8, 4) is 0 Å². The van der Waals surface area contributed by atoms with Crippen LogP contribution in [0.4, 0.5) is 0 Å². The summed E-state index contributed by atoms with van der Waals surface area (Å²) < 4.78 is 2.12. The molecule has 0 aliphatic heterocycles. The van der Waals surface area contributed by atoms with Crippen LogP contribution in [0, 0.1) is 6.92 Å². The first-order valence-electron chi connectivity index (χ1n) is 5.96. The Hall–Kier alpha value is -1.00. The fourth-order valence-electron chi connectivity index (χ4n) is 1.91. The number of rotatable bonds is 5. The molecule has 2 rings (SSSR count). The fraction of sp³-hybridized carbons (Fsp3) is 0.462. The Morgan fingerprint density at radius 1 is 1.41 bits per heavy atom. The van der Waals surface area contributed by atoms with Gasteiger partial charge in [0, 0.05) is 13.6 Å². The summed E-state index contributed by atoms with van der Waals surface area (Å²) in [5, 5.41) is 3.41. The van der Waals surface area contributed by atoms with E-state index in [0.29, 0.717) is 0 Å². The van der Waals surface area contributed by atoms with E-state index in [-0.39, 0.29) is 0 Å². The van der Waals surface area contributed by atoms with Crippen molar-refractivity contribution in [2.24, 2.45) is 7.05 Å². The van der Waals surface area contributed by atoms with Crippen molar-refractivity contribution in [3.05, 3.63) is 29.6 Å². The van der Waals surface area contributed by atoms with Gasteiger partial charge in [-0.25, -0.2) is 4.98 Å². The molecule has 1 heterocycles. The van der Waals surface area contributed by atoms with E-state index in [2.05, 4.69) is 52.7 Å². The lowest BCUT2D eigenvalue weighted by Gasteiger charge is -2.04. The predicted octanol–water partition coefficient (Wildman–Crippen LogP) is 2.29. The molecule has 0 fully saturated rings. The lowest BCUT2D eigenvalue weighted by molar-refractivity contribution is 0.680. The first-order chi connectivity index (χ1) is 8.22. The summed E-state index contributed by atoms with van der Waals surface area (Å²) in [5.74, 6) is 1.99. The van der Waals surface area contributed by atoms with Crippen LogP contribution in [0.25, 0.3) is 11.0 Å². The Kier molecular flexibility index (Phi) is 4.07. The normalized spacial score (nSPS) is 11.2. The number of hydrogen-bond acceptors (Lipinski definition) is 3. The summed E-state index contributed by atoms with van der Waals surface area (Å²) in [6, 6.07) is 6.47. The van der Waals surface area contributed by atoms with Crippen LogP contribution in [-0.4, -0.2) is 21.8 Å². The molecule has 1 N–H and O–H groups in total. The minimum atomic E-state index is 0.902. The van der Waals surface area contributed by atoms with Crippen LogP contribution in [0.3, 0.4) is 0 Å². The zero-order valence-electron chi connectivity index (χ0n) is 10.4. The number of imidazole rings is 1. The number of thiol groups is 1. The highest BCUT2D eigenvalue weighted by Crippen LogP contribution is 2.16. The minimum absolute atomic E-state index is 0.902.